The predicted octanol–water partition coefficient (Wildman–Crippen LogP) is 6.73. The lowest BCUT2D eigenvalue weighted by molar-refractivity contribution is 0.769. The fourth-order valence-electron chi connectivity index (χ4n) is 4.47. The lowest BCUT2D eigenvalue weighted by Crippen LogP contribution is -2.28. The molecule has 0 bridgehead atoms. The van der Waals surface area contributed by atoms with Crippen molar-refractivity contribution in [3.63, 3.8) is 0 Å². The summed E-state index contributed by atoms with van der Waals surface area (Å²) in [5.74, 6) is 0. The maximum atomic E-state index is 2.40. The van der Waals surface area contributed by atoms with Gasteiger partial charge in [-0.3, -0.25) is 0 Å². The van der Waals surface area contributed by atoms with Crippen molar-refractivity contribution < 1.29 is 0 Å². The zero-order valence-corrected chi connectivity index (χ0v) is 15.8. The van der Waals surface area contributed by atoms with Gasteiger partial charge in [0.25, 0.3) is 0 Å². The summed E-state index contributed by atoms with van der Waals surface area (Å²) >= 11 is 1.92. The van der Waals surface area contributed by atoms with E-state index < -0.39 is 0 Å². The largest absolute Gasteiger partial charge is 0.140 e. The van der Waals surface area contributed by atoms with Crippen molar-refractivity contribution in [1.29, 1.82) is 0 Å². The number of benzene rings is 3. The first-order valence-electron chi connectivity index (χ1n) is 9.04. The van der Waals surface area contributed by atoms with Gasteiger partial charge in [0.05, 0.1) is 5.41 Å². The van der Waals surface area contributed by atoms with Gasteiger partial charge in [-0.05, 0) is 47.7 Å². The molecule has 0 radical (unpaired) electrons. The Bertz CT molecular complexity index is 1050. The molecule has 1 heteroatoms. The second-order valence-electron chi connectivity index (χ2n) is 7.13. The topological polar surface area (TPSA) is 0 Å². The summed E-state index contributed by atoms with van der Waals surface area (Å²) in [4.78, 5) is 2.79. The molecule has 0 saturated carbocycles. The molecule has 126 valence electrons. The number of fused-ring (bicyclic) bond motifs is 3. The first-order valence-corrected chi connectivity index (χ1v) is 9.86. The molecule has 5 rings (SSSR count). The van der Waals surface area contributed by atoms with Crippen molar-refractivity contribution >= 4 is 11.3 Å². The molecule has 0 saturated heterocycles. The van der Waals surface area contributed by atoms with Crippen LogP contribution in [0.15, 0.2) is 84.9 Å². The molecule has 0 atom stereocenters. The fourth-order valence-corrected chi connectivity index (χ4v) is 5.58. The van der Waals surface area contributed by atoms with E-state index in [1.165, 1.54) is 43.1 Å². The first kappa shape index (κ1) is 15.6. The van der Waals surface area contributed by atoms with Crippen molar-refractivity contribution in [3.05, 3.63) is 118 Å². The Hall–Kier alpha value is -2.64. The Morgan fingerprint density at radius 1 is 0.654 bits per heavy atom. The number of rotatable bonds is 2. The number of hydrogen-bond donors (Lipinski definition) is 0. The Morgan fingerprint density at radius 2 is 1.27 bits per heavy atom. The van der Waals surface area contributed by atoms with Crippen LogP contribution in [0.2, 0.25) is 0 Å². The zero-order valence-electron chi connectivity index (χ0n) is 15.0. The van der Waals surface area contributed by atoms with E-state index in [1.807, 2.05) is 11.3 Å². The Kier molecular flexibility index (Phi) is 3.41. The van der Waals surface area contributed by atoms with E-state index in [0.717, 1.165) is 0 Å². The van der Waals surface area contributed by atoms with Gasteiger partial charge in [-0.25, -0.2) is 0 Å². The monoisotopic (exact) mass is 352 g/mol. The third-order valence-corrected chi connectivity index (χ3v) is 6.58. The van der Waals surface area contributed by atoms with Gasteiger partial charge in [-0.1, -0.05) is 84.4 Å². The minimum absolute atomic E-state index is 0.232. The van der Waals surface area contributed by atoms with Gasteiger partial charge in [0, 0.05) is 9.75 Å². The summed E-state index contributed by atoms with van der Waals surface area (Å²) in [6, 6.07) is 31.3. The summed E-state index contributed by atoms with van der Waals surface area (Å²) in [7, 11) is 0. The van der Waals surface area contributed by atoms with Crippen molar-refractivity contribution in [2.45, 2.75) is 19.3 Å². The van der Waals surface area contributed by atoms with Crippen molar-refractivity contribution in [3.8, 4) is 10.4 Å². The lowest BCUT2D eigenvalue weighted by Gasteiger charge is -2.33. The molecule has 0 aliphatic heterocycles. The SMILES string of the molecule is Cc1ccc2c(c1)C(c1ccccc1)(c1ccccc1)c1cc(C)sc1-2. The summed E-state index contributed by atoms with van der Waals surface area (Å²) in [5, 5.41) is 0. The molecule has 0 nitrogen and oxygen atoms in total. The average molecular weight is 353 g/mol. The van der Waals surface area contributed by atoms with Crippen molar-refractivity contribution in [2.75, 3.05) is 0 Å². The second kappa shape index (κ2) is 5.69. The Morgan fingerprint density at radius 3 is 1.88 bits per heavy atom. The second-order valence-corrected chi connectivity index (χ2v) is 8.39. The molecule has 0 N–H and O–H groups in total. The summed E-state index contributed by atoms with van der Waals surface area (Å²) in [6.45, 7) is 4.41. The zero-order chi connectivity index (χ0) is 17.7. The molecule has 0 spiro atoms. The quantitative estimate of drug-likeness (QED) is 0.330. The molecule has 1 heterocycles. The third-order valence-electron chi connectivity index (χ3n) is 5.50. The molecular formula is C25H20S. The minimum Gasteiger partial charge on any atom is -0.140 e. The highest BCUT2D eigenvalue weighted by atomic mass is 32.1. The van der Waals surface area contributed by atoms with Crippen LogP contribution in [-0.2, 0) is 5.41 Å². The molecular weight excluding hydrogens is 332 g/mol. The van der Waals surface area contributed by atoms with Gasteiger partial charge < -0.3 is 0 Å². The van der Waals surface area contributed by atoms with Crippen LogP contribution in [0.5, 0.6) is 0 Å². The van der Waals surface area contributed by atoms with E-state index in [9.17, 15) is 0 Å². The normalized spacial score (nSPS) is 14.1. The maximum absolute atomic E-state index is 2.40. The smallest absolute Gasteiger partial charge is 0.0722 e. The van der Waals surface area contributed by atoms with E-state index >= 15 is 0 Å². The minimum atomic E-state index is -0.232. The molecule has 1 aromatic heterocycles. The molecule has 1 aliphatic rings. The third kappa shape index (κ3) is 2.01. The molecule has 4 aromatic rings. The number of hydrogen-bond acceptors (Lipinski definition) is 1. The molecule has 3 aromatic carbocycles. The van der Waals surface area contributed by atoms with Crippen LogP contribution >= 0.6 is 11.3 Å². The van der Waals surface area contributed by atoms with Gasteiger partial charge in [0.15, 0.2) is 0 Å². The highest BCUT2D eigenvalue weighted by Gasteiger charge is 2.47. The standard InChI is InChI=1S/C25H20S/c1-17-13-14-21-22(15-17)25(19-9-5-3-6-10-19,20-11-7-4-8-12-20)23-16-18(2)26-24(21)23/h3-16H,1-2H3. The molecule has 0 amide bonds. The average Bonchev–Trinajstić information content (AvgIpc) is 3.17. The van der Waals surface area contributed by atoms with Crippen LogP contribution in [-0.4, -0.2) is 0 Å². The van der Waals surface area contributed by atoms with E-state index in [0.29, 0.717) is 0 Å². The predicted molar refractivity (Wildman–Crippen MR) is 111 cm³/mol. The van der Waals surface area contributed by atoms with Crippen LogP contribution in [0.3, 0.4) is 0 Å². The molecule has 0 fully saturated rings. The highest BCUT2D eigenvalue weighted by molar-refractivity contribution is 7.15. The van der Waals surface area contributed by atoms with Gasteiger partial charge in [0.1, 0.15) is 0 Å². The molecule has 0 unspecified atom stereocenters. The molecule has 1 aliphatic carbocycles. The maximum Gasteiger partial charge on any atom is 0.0722 e. The number of aryl methyl sites for hydroxylation is 2. The number of thiophene rings is 1. The van der Waals surface area contributed by atoms with E-state index in [-0.39, 0.29) is 5.41 Å². The summed E-state index contributed by atoms with van der Waals surface area (Å²) in [5.41, 5.74) is 7.99. The first-order chi connectivity index (χ1) is 12.7. The summed E-state index contributed by atoms with van der Waals surface area (Å²) < 4.78 is 0. The van der Waals surface area contributed by atoms with Crippen LogP contribution in [0.4, 0.5) is 0 Å². The van der Waals surface area contributed by atoms with Gasteiger partial charge in [-0.15, -0.1) is 11.3 Å². The lowest BCUT2D eigenvalue weighted by atomic mass is 9.68. The van der Waals surface area contributed by atoms with Crippen LogP contribution in [0, 0.1) is 13.8 Å². The summed E-state index contributed by atoms with van der Waals surface area (Å²) in [6.07, 6.45) is 0. The van der Waals surface area contributed by atoms with Crippen molar-refractivity contribution in [1.82, 2.24) is 0 Å². The molecule has 26 heavy (non-hydrogen) atoms. The van der Waals surface area contributed by atoms with Crippen LogP contribution in [0.1, 0.15) is 32.7 Å². The van der Waals surface area contributed by atoms with Gasteiger partial charge >= 0.3 is 0 Å². The Balaban J connectivity index is 1.98. The van der Waals surface area contributed by atoms with E-state index in [2.05, 4.69) is 98.8 Å². The van der Waals surface area contributed by atoms with Crippen LogP contribution < -0.4 is 0 Å². The van der Waals surface area contributed by atoms with E-state index in [4.69, 9.17) is 0 Å². The Labute approximate surface area is 158 Å². The van der Waals surface area contributed by atoms with Gasteiger partial charge in [0.2, 0.25) is 0 Å². The fraction of sp³-hybridized carbons (Fsp3) is 0.120. The van der Waals surface area contributed by atoms with E-state index in [1.54, 1.807) is 0 Å². The highest BCUT2D eigenvalue weighted by Crippen LogP contribution is 2.58. The van der Waals surface area contributed by atoms with Crippen LogP contribution in [0.25, 0.3) is 10.4 Å². The van der Waals surface area contributed by atoms with Gasteiger partial charge in [-0.2, -0.15) is 0 Å². The van der Waals surface area contributed by atoms with Crippen molar-refractivity contribution in [2.24, 2.45) is 0 Å².